The molecule has 0 aliphatic rings. The van der Waals surface area contributed by atoms with Crippen LogP contribution in [-0.4, -0.2) is 29.3 Å². The van der Waals surface area contributed by atoms with E-state index in [0.717, 1.165) is 0 Å². The van der Waals surface area contributed by atoms with Crippen LogP contribution in [0.4, 0.5) is 0 Å². The van der Waals surface area contributed by atoms with Crippen molar-refractivity contribution in [3.05, 3.63) is 67.6 Å². The number of likely N-dealkylation sites (N-methyl/N-ethyl adjacent to an activating group) is 1. The smallest absolute Gasteiger partial charge is 0.242 e. The summed E-state index contributed by atoms with van der Waals surface area (Å²) in [6.45, 7) is 4.00. The first-order valence-corrected chi connectivity index (χ1v) is 10.2. The van der Waals surface area contributed by atoms with Gasteiger partial charge in [0.1, 0.15) is 6.04 Å². The maximum atomic E-state index is 13.1. The van der Waals surface area contributed by atoms with Gasteiger partial charge in [-0.05, 0) is 43.7 Å². The van der Waals surface area contributed by atoms with E-state index in [4.69, 9.17) is 46.4 Å². The molecule has 0 saturated heterocycles. The molecule has 0 saturated carbocycles. The van der Waals surface area contributed by atoms with Crippen LogP contribution in [0, 0.1) is 0 Å². The fourth-order valence-corrected chi connectivity index (χ4v) is 3.76. The molecule has 0 spiro atoms. The Morgan fingerprint density at radius 2 is 1.39 bits per heavy atom. The molecule has 1 N–H and O–H groups in total. The zero-order chi connectivity index (χ0) is 20.8. The summed E-state index contributed by atoms with van der Waals surface area (Å²) in [6.07, 6.45) is -0.0513. The number of benzene rings is 2. The van der Waals surface area contributed by atoms with E-state index in [1.807, 2.05) is 6.92 Å². The number of rotatable bonds is 7. The Kier molecular flexibility index (Phi) is 8.44. The molecule has 1 unspecified atom stereocenters. The predicted octanol–water partition coefficient (Wildman–Crippen LogP) is 5.40. The van der Waals surface area contributed by atoms with Gasteiger partial charge >= 0.3 is 0 Å². The van der Waals surface area contributed by atoms with E-state index in [1.165, 1.54) is 4.90 Å². The zero-order valence-electron chi connectivity index (χ0n) is 15.4. The van der Waals surface area contributed by atoms with Crippen molar-refractivity contribution >= 4 is 58.2 Å². The van der Waals surface area contributed by atoms with Gasteiger partial charge in [-0.2, -0.15) is 0 Å². The molecule has 28 heavy (non-hydrogen) atoms. The maximum Gasteiger partial charge on any atom is 0.242 e. The first-order valence-electron chi connectivity index (χ1n) is 8.69. The summed E-state index contributed by atoms with van der Waals surface area (Å²) in [4.78, 5) is 27.0. The average molecular weight is 462 g/mol. The number of amides is 2. The second kappa shape index (κ2) is 10.4. The third kappa shape index (κ3) is 5.54. The molecule has 0 heterocycles. The van der Waals surface area contributed by atoms with Crippen molar-refractivity contribution in [2.24, 2.45) is 0 Å². The van der Waals surface area contributed by atoms with Gasteiger partial charge in [0.25, 0.3) is 0 Å². The quantitative estimate of drug-likeness (QED) is 0.600. The lowest BCUT2D eigenvalue weighted by molar-refractivity contribution is -0.140. The Bertz CT molecular complexity index is 833. The van der Waals surface area contributed by atoms with Gasteiger partial charge < -0.3 is 10.2 Å². The van der Waals surface area contributed by atoms with E-state index in [9.17, 15) is 9.59 Å². The summed E-state index contributed by atoms with van der Waals surface area (Å²) >= 11 is 24.9. The second-order valence-corrected chi connectivity index (χ2v) is 7.80. The minimum absolute atomic E-state index is 0.0513. The Labute approximate surface area is 184 Å². The van der Waals surface area contributed by atoms with Crippen LogP contribution in [0.5, 0.6) is 0 Å². The standard InChI is InChI=1S/C20H20Cl4N2O2/c1-3-25-20(28)12(2)26(11-14-17(23)8-5-9-18(14)24)19(27)10-13-15(21)6-4-7-16(13)22/h4-9,12H,3,10-11H2,1-2H3,(H,25,28). The molecule has 2 rings (SSSR count). The number of carbonyl (C=O) groups excluding carboxylic acids is 2. The molecule has 0 aliphatic carbocycles. The molecule has 0 radical (unpaired) electrons. The minimum Gasteiger partial charge on any atom is -0.355 e. The largest absolute Gasteiger partial charge is 0.355 e. The van der Waals surface area contributed by atoms with E-state index < -0.39 is 6.04 Å². The summed E-state index contributed by atoms with van der Waals surface area (Å²) in [6, 6.07) is 9.40. The van der Waals surface area contributed by atoms with Crippen molar-refractivity contribution < 1.29 is 9.59 Å². The van der Waals surface area contributed by atoms with Crippen molar-refractivity contribution in [2.75, 3.05) is 6.54 Å². The van der Waals surface area contributed by atoms with Crippen molar-refractivity contribution in [1.29, 1.82) is 0 Å². The summed E-state index contributed by atoms with van der Waals surface area (Å²) < 4.78 is 0. The lowest BCUT2D eigenvalue weighted by Gasteiger charge is -2.29. The highest BCUT2D eigenvalue weighted by molar-refractivity contribution is 6.36. The fraction of sp³-hybridized carbons (Fsp3) is 0.300. The number of nitrogens with zero attached hydrogens (tertiary/aromatic N) is 1. The lowest BCUT2D eigenvalue weighted by atomic mass is 10.1. The van der Waals surface area contributed by atoms with Crippen molar-refractivity contribution in [3.8, 4) is 0 Å². The highest BCUT2D eigenvalue weighted by Crippen LogP contribution is 2.29. The number of hydrogen-bond donors (Lipinski definition) is 1. The van der Waals surface area contributed by atoms with Crippen LogP contribution in [0.3, 0.4) is 0 Å². The summed E-state index contributed by atoms with van der Waals surface area (Å²) in [7, 11) is 0. The van der Waals surface area contributed by atoms with Crippen molar-refractivity contribution in [1.82, 2.24) is 10.2 Å². The third-order valence-electron chi connectivity index (χ3n) is 4.30. The fourth-order valence-electron chi connectivity index (χ4n) is 2.71. The molecular weight excluding hydrogens is 442 g/mol. The number of hydrogen-bond acceptors (Lipinski definition) is 2. The van der Waals surface area contributed by atoms with Crippen LogP contribution in [0.25, 0.3) is 0 Å². The Hall–Kier alpha value is -1.46. The Morgan fingerprint density at radius 1 is 0.929 bits per heavy atom. The molecular formula is C20H20Cl4N2O2. The van der Waals surface area contributed by atoms with Crippen LogP contribution in [0.1, 0.15) is 25.0 Å². The van der Waals surface area contributed by atoms with E-state index in [0.29, 0.717) is 37.8 Å². The number of nitrogens with one attached hydrogen (secondary N) is 1. The Morgan fingerprint density at radius 3 is 1.86 bits per heavy atom. The molecule has 8 heteroatoms. The lowest BCUT2D eigenvalue weighted by Crippen LogP contribution is -2.48. The topological polar surface area (TPSA) is 49.4 Å². The molecule has 2 aromatic carbocycles. The molecule has 0 aromatic heterocycles. The van der Waals surface area contributed by atoms with Crippen LogP contribution < -0.4 is 5.32 Å². The zero-order valence-corrected chi connectivity index (χ0v) is 18.5. The van der Waals surface area contributed by atoms with Crippen molar-refractivity contribution in [2.45, 2.75) is 32.9 Å². The van der Waals surface area contributed by atoms with E-state index in [-0.39, 0.29) is 24.8 Å². The highest BCUT2D eigenvalue weighted by Gasteiger charge is 2.28. The van der Waals surface area contributed by atoms with Crippen molar-refractivity contribution in [3.63, 3.8) is 0 Å². The van der Waals surface area contributed by atoms with E-state index in [2.05, 4.69) is 5.32 Å². The predicted molar refractivity (Wildman–Crippen MR) is 115 cm³/mol. The maximum absolute atomic E-state index is 13.1. The molecule has 150 valence electrons. The molecule has 4 nitrogen and oxygen atoms in total. The number of halogens is 4. The first kappa shape index (κ1) is 22.8. The SMILES string of the molecule is CCNC(=O)C(C)N(Cc1c(Cl)cccc1Cl)C(=O)Cc1c(Cl)cccc1Cl. The van der Waals surface area contributed by atoms with Gasteiger partial charge in [0.2, 0.25) is 11.8 Å². The Balaban J connectivity index is 2.37. The third-order valence-corrected chi connectivity index (χ3v) is 5.71. The molecule has 0 bridgehead atoms. The van der Waals surface area contributed by atoms with Gasteiger partial charge in [0.05, 0.1) is 6.42 Å². The van der Waals surface area contributed by atoms with Gasteiger partial charge in [-0.3, -0.25) is 9.59 Å². The molecule has 0 fully saturated rings. The van der Waals surface area contributed by atoms with E-state index >= 15 is 0 Å². The molecule has 2 amide bonds. The van der Waals surface area contributed by atoms with E-state index in [1.54, 1.807) is 43.3 Å². The van der Waals surface area contributed by atoms with Gasteiger partial charge in [-0.1, -0.05) is 58.5 Å². The normalized spacial score (nSPS) is 11.8. The first-order chi connectivity index (χ1) is 13.3. The van der Waals surface area contributed by atoms with Gasteiger partial charge in [0.15, 0.2) is 0 Å². The van der Waals surface area contributed by atoms with Gasteiger partial charge in [-0.15, -0.1) is 0 Å². The summed E-state index contributed by atoms with van der Waals surface area (Å²) in [5, 5.41) is 4.35. The second-order valence-electron chi connectivity index (χ2n) is 6.17. The molecule has 1 atom stereocenters. The minimum atomic E-state index is -0.735. The average Bonchev–Trinajstić information content (AvgIpc) is 2.64. The molecule has 2 aromatic rings. The monoisotopic (exact) mass is 460 g/mol. The van der Waals surface area contributed by atoms with Crippen LogP contribution in [-0.2, 0) is 22.6 Å². The van der Waals surface area contributed by atoms with Crippen LogP contribution in [0.2, 0.25) is 20.1 Å². The number of carbonyl (C=O) groups is 2. The summed E-state index contributed by atoms with van der Waals surface area (Å²) in [5.74, 6) is -0.589. The van der Waals surface area contributed by atoms with Gasteiger partial charge in [0, 0.05) is 38.7 Å². The molecule has 0 aliphatic heterocycles. The summed E-state index contributed by atoms with van der Waals surface area (Å²) in [5.41, 5.74) is 1.08. The van der Waals surface area contributed by atoms with Gasteiger partial charge in [-0.25, -0.2) is 0 Å². The van der Waals surface area contributed by atoms with Crippen LogP contribution >= 0.6 is 46.4 Å². The highest BCUT2D eigenvalue weighted by atomic mass is 35.5. The van der Waals surface area contributed by atoms with Crippen LogP contribution in [0.15, 0.2) is 36.4 Å².